The number of carbonyl (C=O) groups is 1. The average Bonchev–Trinajstić information content (AvgIpc) is 1.83. The Labute approximate surface area is 64.1 Å². The van der Waals surface area contributed by atoms with Crippen molar-refractivity contribution in [1.29, 1.82) is 0 Å². The Balaban J connectivity index is 3.17. The van der Waals surface area contributed by atoms with E-state index in [1.54, 1.807) is 0 Å². The first-order chi connectivity index (χ1) is 4.16. The summed E-state index contributed by atoms with van der Waals surface area (Å²) in [5, 5.41) is 0.0252. The minimum absolute atomic E-state index is 0.0252. The molecule has 0 aliphatic rings. The Morgan fingerprint density at radius 1 is 1.89 bits per heavy atom. The number of hydrogen-bond donors (Lipinski definition) is 1. The topological polar surface area (TPSA) is 43.1 Å². The Bertz CT molecular complexity index is 97.0. The van der Waals surface area contributed by atoms with E-state index < -0.39 is 0 Å². The number of rotatable bonds is 4. The fourth-order valence-corrected chi connectivity index (χ4v) is 1.02. The van der Waals surface area contributed by atoms with E-state index >= 15 is 0 Å². The summed E-state index contributed by atoms with van der Waals surface area (Å²) in [4.78, 5) is 10.5. The highest BCUT2D eigenvalue weighted by Crippen LogP contribution is 2.03. The van der Waals surface area contributed by atoms with Crippen molar-refractivity contribution in [2.24, 2.45) is 5.73 Å². The fourth-order valence-electron chi connectivity index (χ4n) is 0.263. The summed E-state index contributed by atoms with van der Waals surface area (Å²) < 4.78 is 0. The summed E-state index contributed by atoms with van der Waals surface area (Å²) >= 11 is 6.64. The minimum Gasteiger partial charge on any atom is -0.320 e. The van der Waals surface area contributed by atoms with E-state index in [0.717, 1.165) is 0 Å². The number of nitrogens with two attached hydrogens (primary N) is 1. The van der Waals surface area contributed by atoms with Crippen LogP contribution < -0.4 is 5.73 Å². The maximum absolute atomic E-state index is 10.5. The molecule has 0 saturated heterocycles. The summed E-state index contributed by atoms with van der Waals surface area (Å²) in [6.07, 6.45) is 0. The van der Waals surface area contributed by atoms with Gasteiger partial charge in [-0.25, -0.2) is 0 Å². The van der Waals surface area contributed by atoms with E-state index in [1.807, 2.05) is 6.92 Å². The Kier molecular flexibility index (Phi) is 5.24. The second kappa shape index (κ2) is 5.09. The van der Waals surface area contributed by atoms with Gasteiger partial charge in [-0.2, -0.15) is 0 Å². The minimum atomic E-state index is 0.0252. The third-order valence-electron chi connectivity index (χ3n) is 0.656. The maximum Gasteiger partial charge on any atom is 0.157 e. The van der Waals surface area contributed by atoms with Crippen molar-refractivity contribution in [3.05, 3.63) is 0 Å². The number of Topliss-reactive ketones (excluding diaryl/α,β-unsaturated/α-hetero) is 1. The highest BCUT2D eigenvalue weighted by Gasteiger charge is 2.00. The molecule has 1 unspecified atom stereocenters. The van der Waals surface area contributed by atoms with Gasteiger partial charge in [0.1, 0.15) is 0 Å². The molecule has 0 rings (SSSR count). The average molecular weight is 168 g/mol. The van der Waals surface area contributed by atoms with Gasteiger partial charge in [-0.1, -0.05) is 0 Å². The smallest absolute Gasteiger partial charge is 0.157 e. The molecule has 0 heterocycles. The molecule has 9 heavy (non-hydrogen) atoms. The molecule has 0 bridgehead atoms. The van der Waals surface area contributed by atoms with Crippen LogP contribution in [-0.4, -0.2) is 22.8 Å². The van der Waals surface area contributed by atoms with E-state index in [-0.39, 0.29) is 17.0 Å². The van der Waals surface area contributed by atoms with Gasteiger partial charge >= 0.3 is 0 Å². The molecule has 1 atom stereocenters. The lowest BCUT2D eigenvalue weighted by molar-refractivity contribution is -0.114. The number of thioether (sulfide) groups is 1. The van der Waals surface area contributed by atoms with E-state index in [9.17, 15) is 4.79 Å². The molecule has 0 radical (unpaired) electrons. The first kappa shape index (κ1) is 9.27. The van der Waals surface area contributed by atoms with Crippen molar-refractivity contribution in [1.82, 2.24) is 0 Å². The number of ketones is 1. The van der Waals surface area contributed by atoms with Crippen LogP contribution in [0.5, 0.6) is 0 Å². The molecule has 0 aromatic rings. The number of hydrogen-bond acceptors (Lipinski definition) is 3. The van der Waals surface area contributed by atoms with E-state index in [2.05, 4.69) is 0 Å². The van der Waals surface area contributed by atoms with Crippen LogP contribution in [0.25, 0.3) is 0 Å². The van der Waals surface area contributed by atoms with Crippen molar-refractivity contribution in [2.45, 2.75) is 12.3 Å². The molecular formula is C5H10ClNOS. The zero-order valence-electron chi connectivity index (χ0n) is 5.26. The van der Waals surface area contributed by atoms with Crippen molar-refractivity contribution in [3.63, 3.8) is 0 Å². The summed E-state index contributed by atoms with van der Waals surface area (Å²) in [6, 6.07) is 0. The molecule has 2 N–H and O–H groups in total. The van der Waals surface area contributed by atoms with Crippen molar-refractivity contribution < 1.29 is 4.79 Å². The van der Waals surface area contributed by atoms with Crippen molar-refractivity contribution in [2.75, 3.05) is 11.6 Å². The van der Waals surface area contributed by atoms with Gasteiger partial charge in [0.15, 0.2) is 5.78 Å². The summed E-state index contributed by atoms with van der Waals surface area (Å²) in [5.74, 6) is 0.569. The zero-order chi connectivity index (χ0) is 7.28. The molecule has 54 valence electrons. The zero-order valence-corrected chi connectivity index (χ0v) is 6.84. The van der Waals surface area contributed by atoms with Crippen LogP contribution in [0.3, 0.4) is 0 Å². The molecular weight excluding hydrogens is 158 g/mol. The van der Waals surface area contributed by atoms with Gasteiger partial charge in [-0.3, -0.25) is 4.79 Å². The lowest BCUT2D eigenvalue weighted by Crippen LogP contribution is -2.13. The molecule has 4 heteroatoms. The standard InChI is InChI=1S/C5H10ClNOS/c1-4(7)9-3-5(8)2-6/h4H,2-3,7H2,1H3. The molecule has 0 aliphatic heterocycles. The Hall–Kier alpha value is 0.270. The second-order valence-corrected chi connectivity index (χ2v) is 3.32. The highest BCUT2D eigenvalue weighted by molar-refractivity contribution is 8.00. The lowest BCUT2D eigenvalue weighted by atomic mass is 10.5. The molecule has 0 saturated carbocycles. The SMILES string of the molecule is CC(N)SCC(=O)CCl. The largest absolute Gasteiger partial charge is 0.320 e. The van der Waals surface area contributed by atoms with Gasteiger partial charge in [0.25, 0.3) is 0 Å². The first-order valence-electron chi connectivity index (χ1n) is 2.61. The maximum atomic E-state index is 10.5. The number of carbonyl (C=O) groups excluding carboxylic acids is 1. The molecule has 0 fully saturated rings. The number of halogens is 1. The quantitative estimate of drug-likeness (QED) is 0.499. The third kappa shape index (κ3) is 6.15. The van der Waals surface area contributed by atoms with Crippen molar-refractivity contribution in [3.8, 4) is 0 Å². The third-order valence-corrected chi connectivity index (χ3v) is 1.97. The number of alkyl halides is 1. The van der Waals surface area contributed by atoms with Crippen molar-refractivity contribution >= 4 is 29.1 Å². The fraction of sp³-hybridized carbons (Fsp3) is 0.800. The molecule has 0 aromatic heterocycles. The van der Waals surface area contributed by atoms with Gasteiger partial charge in [-0.15, -0.1) is 23.4 Å². The molecule has 0 aromatic carbocycles. The Morgan fingerprint density at radius 2 is 2.44 bits per heavy atom. The molecule has 0 spiro atoms. The highest BCUT2D eigenvalue weighted by atomic mass is 35.5. The second-order valence-electron chi connectivity index (χ2n) is 1.69. The van der Waals surface area contributed by atoms with Gasteiger partial charge in [-0.05, 0) is 6.92 Å². The van der Waals surface area contributed by atoms with Crippen LogP contribution in [0.15, 0.2) is 0 Å². The predicted octanol–water partition coefficient (Wildman–Crippen LogP) is 0.832. The first-order valence-corrected chi connectivity index (χ1v) is 4.20. The van der Waals surface area contributed by atoms with E-state index in [4.69, 9.17) is 17.3 Å². The van der Waals surface area contributed by atoms with Gasteiger partial charge in [0, 0.05) is 5.37 Å². The van der Waals surface area contributed by atoms with Gasteiger partial charge < -0.3 is 5.73 Å². The normalized spacial score (nSPS) is 13.2. The molecule has 0 amide bonds. The van der Waals surface area contributed by atoms with Crippen LogP contribution in [0.2, 0.25) is 0 Å². The van der Waals surface area contributed by atoms with Crippen LogP contribution in [-0.2, 0) is 4.79 Å². The Morgan fingerprint density at radius 3 is 2.78 bits per heavy atom. The van der Waals surface area contributed by atoms with Gasteiger partial charge in [0.05, 0.1) is 11.6 Å². The van der Waals surface area contributed by atoms with Gasteiger partial charge in [0.2, 0.25) is 0 Å². The predicted molar refractivity (Wildman–Crippen MR) is 41.8 cm³/mol. The monoisotopic (exact) mass is 167 g/mol. The summed E-state index contributed by atoms with van der Waals surface area (Å²) in [6.45, 7) is 1.84. The summed E-state index contributed by atoms with van der Waals surface area (Å²) in [5.41, 5.74) is 5.36. The molecule has 2 nitrogen and oxygen atoms in total. The van der Waals surface area contributed by atoms with Crippen LogP contribution in [0.1, 0.15) is 6.92 Å². The van der Waals surface area contributed by atoms with E-state index in [1.165, 1.54) is 11.8 Å². The molecule has 0 aliphatic carbocycles. The lowest BCUT2D eigenvalue weighted by Gasteiger charge is -2.00. The van der Waals surface area contributed by atoms with E-state index in [0.29, 0.717) is 5.75 Å². The summed E-state index contributed by atoms with van der Waals surface area (Å²) in [7, 11) is 0. The van der Waals surface area contributed by atoms with Crippen LogP contribution in [0.4, 0.5) is 0 Å². The van der Waals surface area contributed by atoms with Crippen LogP contribution in [0, 0.1) is 0 Å². The van der Waals surface area contributed by atoms with Crippen LogP contribution >= 0.6 is 23.4 Å².